The molecule has 0 aliphatic carbocycles. The maximum Gasteiger partial charge on any atom is 0.136 e. The molecular weight excluding hydrogens is 314 g/mol. The maximum absolute atomic E-state index is 6.03. The van der Waals surface area contributed by atoms with E-state index in [1.165, 1.54) is 10.5 Å². The van der Waals surface area contributed by atoms with Crippen molar-refractivity contribution in [3.8, 4) is 11.3 Å². The SMILES string of the molecule is Nc1cccc(CSc2ccccc2-c2cc3ccccc3o2)c1. The molecule has 1 aromatic heterocycles. The van der Waals surface area contributed by atoms with Crippen LogP contribution in [0.4, 0.5) is 5.69 Å². The van der Waals surface area contributed by atoms with Crippen molar-refractivity contribution in [2.45, 2.75) is 10.6 Å². The van der Waals surface area contributed by atoms with Crippen LogP contribution in [0, 0.1) is 0 Å². The second-order valence-electron chi connectivity index (χ2n) is 5.68. The van der Waals surface area contributed by atoms with Crippen molar-refractivity contribution in [1.29, 1.82) is 0 Å². The molecule has 118 valence electrons. The number of benzene rings is 3. The summed E-state index contributed by atoms with van der Waals surface area (Å²) in [4.78, 5) is 1.21. The number of furan rings is 1. The largest absolute Gasteiger partial charge is 0.456 e. The molecule has 3 heteroatoms. The predicted octanol–water partition coefficient (Wildman–Crippen LogP) is 5.97. The molecule has 0 radical (unpaired) electrons. The van der Waals surface area contributed by atoms with Crippen molar-refractivity contribution in [3.05, 3.63) is 84.4 Å². The zero-order chi connectivity index (χ0) is 16.4. The van der Waals surface area contributed by atoms with Crippen LogP contribution in [0.1, 0.15) is 5.56 Å². The van der Waals surface area contributed by atoms with Gasteiger partial charge in [-0.1, -0.05) is 48.5 Å². The van der Waals surface area contributed by atoms with Crippen molar-refractivity contribution in [3.63, 3.8) is 0 Å². The number of rotatable bonds is 4. The van der Waals surface area contributed by atoms with E-state index in [9.17, 15) is 0 Å². The number of hydrogen-bond acceptors (Lipinski definition) is 3. The van der Waals surface area contributed by atoms with Crippen molar-refractivity contribution in [2.24, 2.45) is 0 Å². The second kappa shape index (κ2) is 6.46. The molecule has 1 heterocycles. The molecule has 0 unspecified atom stereocenters. The number of nitrogen functional groups attached to an aromatic ring is 1. The van der Waals surface area contributed by atoms with Crippen LogP contribution >= 0.6 is 11.8 Å². The molecule has 4 rings (SSSR count). The first kappa shape index (κ1) is 14.9. The maximum atomic E-state index is 6.03. The molecule has 0 saturated heterocycles. The smallest absolute Gasteiger partial charge is 0.136 e. The summed E-state index contributed by atoms with van der Waals surface area (Å²) >= 11 is 1.80. The standard InChI is InChI=1S/C21H17NOS/c22-17-8-5-6-15(12-17)14-24-21-11-4-2-9-18(21)20-13-16-7-1-3-10-19(16)23-20/h1-13H,14,22H2. The Morgan fingerprint density at radius 3 is 2.54 bits per heavy atom. The Morgan fingerprint density at radius 2 is 1.67 bits per heavy atom. The highest BCUT2D eigenvalue weighted by Crippen LogP contribution is 2.36. The van der Waals surface area contributed by atoms with Gasteiger partial charge < -0.3 is 10.2 Å². The monoisotopic (exact) mass is 331 g/mol. The Morgan fingerprint density at radius 1 is 0.833 bits per heavy atom. The number of anilines is 1. The van der Waals surface area contributed by atoms with E-state index in [1.807, 2.05) is 42.5 Å². The number of nitrogens with two attached hydrogens (primary N) is 1. The number of para-hydroxylation sites is 1. The summed E-state index contributed by atoms with van der Waals surface area (Å²) < 4.78 is 6.03. The van der Waals surface area contributed by atoms with E-state index in [2.05, 4.69) is 36.4 Å². The van der Waals surface area contributed by atoms with Gasteiger partial charge in [0, 0.05) is 27.3 Å². The lowest BCUT2D eigenvalue weighted by Crippen LogP contribution is -1.87. The van der Waals surface area contributed by atoms with Gasteiger partial charge in [0.2, 0.25) is 0 Å². The molecule has 0 aliphatic heterocycles. The summed E-state index contributed by atoms with van der Waals surface area (Å²) in [5, 5.41) is 1.13. The van der Waals surface area contributed by atoms with Crippen LogP contribution in [-0.2, 0) is 5.75 Å². The van der Waals surface area contributed by atoms with Crippen LogP contribution in [0.2, 0.25) is 0 Å². The molecule has 4 aromatic rings. The number of hydrogen-bond donors (Lipinski definition) is 1. The van der Waals surface area contributed by atoms with E-state index < -0.39 is 0 Å². The van der Waals surface area contributed by atoms with Gasteiger partial charge in [0.05, 0.1) is 0 Å². The molecule has 0 saturated carbocycles. The van der Waals surface area contributed by atoms with E-state index in [-0.39, 0.29) is 0 Å². The molecule has 2 nitrogen and oxygen atoms in total. The van der Waals surface area contributed by atoms with Crippen molar-refractivity contribution >= 4 is 28.4 Å². The summed E-state index contributed by atoms with van der Waals surface area (Å²) in [6.45, 7) is 0. The van der Waals surface area contributed by atoms with Gasteiger partial charge >= 0.3 is 0 Å². The van der Waals surface area contributed by atoms with Crippen LogP contribution in [0.15, 0.2) is 88.2 Å². The Hall–Kier alpha value is -2.65. The lowest BCUT2D eigenvalue weighted by atomic mass is 10.1. The highest BCUT2D eigenvalue weighted by atomic mass is 32.2. The predicted molar refractivity (Wildman–Crippen MR) is 102 cm³/mol. The Kier molecular flexibility index (Phi) is 4.01. The first-order valence-electron chi connectivity index (χ1n) is 7.85. The molecule has 0 amide bonds. The molecule has 24 heavy (non-hydrogen) atoms. The van der Waals surface area contributed by atoms with Gasteiger partial charge in [-0.3, -0.25) is 0 Å². The van der Waals surface area contributed by atoms with Crippen LogP contribution in [0.25, 0.3) is 22.3 Å². The van der Waals surface area contributed by atoms with E-state index in [1.54, 1.807) is 11.8 Å². The topological polar surface area (TPSA) is 39.2 Å². The average molecular weight is 331 g/mol. The summed E-state index contributed by atoms with van der Waals surface area (Å²) in [6, 6.07) is 26.6. The lowest BCUT2D eigenvalue weighted by Gasteiger charge is -2.07. The minimum absolute atomic E-state index is 0.804. The van der Waals surface area contributed by atoms with E-state index >= 15 is 0 Å². The average Bonchev–Trinajstić information content (AvgIpc) is 3.04. The van der Waals surface area contributed by atoms with Gasteiger partial charge in [-0.05, 0) is 35.9 Å². The van der Waals surface area contributed by atoms with Crippen molar-refractivity contribution < 1.29 is 4.42 Å². The number of thioether (sulfide) groups is 1. The van der Waals surface area contributed by atoms with Crippen LogP contribution < -0.4 is 5.73 Å². The fourth-order valence-corrected chi connectivity index (χ4v) is 3.76. The highest BCUT2D eigenvalue weighted by Gasteiger charge is 2.10. The fraction of sp³-hybridized carbons (Fsp3) is 0.0476. The van der Waals surface area contributed by atoms with Crippen molar-refractivity contribution in [1.82, 2.24) is 0 Å². The molecular formula is C21H17NOS. The first-order chi connectivity index (χ1) is 11.8. The normalized spacial score (nSPS) is 11.0. The zero-order valence-corrected chi connectivity index (χ0v) is 13.9. The third-order valence-electron chi connectivity index (χ3n) is 3.92. The second-order valence-corrected chi connectivity index (χ2v) is 6.70. The van der Waals surface area contributed by atoms with Gasteiger partial charge in [-0.15, -0.1) is 11.8 Å². The van der Waals surface area contributed by atoms with E-state index in [0.29, 0.717) is 0 Å². The molecule has 0 spiro atoms. The Bertz CT molecular complexity index is 957. The summed E-state index contributed by atoms with van der Waals surface area (Å²) in [6.07, 6.45) is 0. The van der Waals surface area contributed by atoms with Gasteiger partial charge in [0.25, 0.3) is 0 Å². The summed E-state index contributed by atoms with van der Waals surface area (Å²) in [5.74, 6) is 1.79. The van der Waals surface area contributed by atoms with Crippen LogP contribution in [0.3, 0.4) is 0 Å². The minimum Gasteiger partial charge on any atom is -0.456 e. The van der Waals surface area contributed by atoms with Crippen LogP contribution in [-0.4, -0.2) is 0 Å². The third kappa shape index (κ3) is 3.03. The minimum atomic E-state index is 0.804. The zero-order valence-electron chi connectivity index (χ0n) is 13.1. The molecule has 2 N–H and O–H groups in total. The Labute approximate surface area is 145 Å². The first-order valence-corrected chi connectivity index (χ1v) is 8.83. The molecule has 0 bridgehead atoms. The molecule has 0 fully saturated rings. The quantitative estimate of drug-likeness (QED) is 0.369. The summed E-state index contributed by atoms with van der Waals surface area (Å²) in [7, 11) is 0. The van der Waals surface area contributed by atoms with Gasteiger partial charge in [0.1, 0.15) is 11.3 Å². The van der Waals surface area contributed by atoms with Gasteiger partial charge in [0.15, 0.2) is 0 Å². The lowest BCUT2D eigenvalue weighted by molar-refractivity contribution is 0.630. The third-order valence-corrected chi connectivity index (χ3v) is 5.07. The van der Waals surface area contributed by atoms with E-state index in [4.69, 9.17) is 10.2 Å². The molecule has 0 atom stereocenters. The van der Waals surface area contributed by atoms with Gasteiger partial charge in [-0.25, -0.2) is 0 Å². The summed E-state index contributed by atoms with van der Waals surface area (Å²) in [5.41, 5.74) is 9.94. The van der Waals surface area contributed by atoms with E-state index in [0.717, 1.165) is 33.7 Å². The fourth-order valence-electron chi connectivity index (χ4n) is 2.75. The molecule has 0 aliphatic rings. The van der Waals surface area contributed by atoms with Crippen molar-refractivity contribution in [2.75, 3.05) is 5.73 Å². The molecule has 3 aromatic carbocycles. The highest BCUT2D eigenvalue weighted by molar-refractivity contribution is 7.98. The van der Waals surface area contributed by atoms with Gasteiger partial charge in [-0.2, -0.15) is 0 Å². The van der Waals surface area contributed by atoms with Crippen LogP contribution in [0.5, 0.6) is 0 Å². The number of fused-ring (bicyclic) bond motifs is 1. The Balaban J connectivity index is 1.65.